The molecule has 0 bridgehead atoms. The summed E-state index contributed by atoms with van der Waals surface area (Å²) in [5.41, 5.74) is 1.86. The molecule has 1 rings (SSSR count). The number of rotatable bonds is 1. The Bertz CT molecular complexity index is 172. The highest BCUT2D eigenvalue weighted by molar-refractivity contribution is 5.19. The molecule has 1 aliphatic rings. The Kier molecular flexibility index (Phi) is 1.72. The van der Waals surface area contributed by atoms with Crippen LogP contribution in [0.3, 0.4) is 0 Å². The summed E-state index contributed by atoms with van der Waals surface area (Å²) in [4.78, 5) is 0. The van der Waals surface area contributed by atoms with Gasteiger partial charge in [0.1, 0.15) is 0 Å². The van der Waals surface area contributed by atoms with E-state index in [2.05, 4.69) is 39.5 Å². The van der Waals surface area contributed by atoms with Crippen LogP contribution in [0.2, 0.25) is 0 Å². The lowest BCUT2D eigenvalue weighted by Gasteiger charge is -2.22. The van der Waals surface area contributed by atoms with E-state index in [9.17, 15) is 0 Å². The second kappa shape index (κ2) is 2.26. The summed E-state index contributed by atoms with van der Waals surface area (Å²) in [7, 11) is 0. The zero-order chi connectivity index (χ0) is 7.78. The SMILES string of the molecule is C=C[C@H]1CC(C)=CC1(C)C. The minimum atomic E-state index is 0.353. The van der Waals surface area contributed by atoms with E-state index >= 15 is 0 Å². The second-order valence-electron chi connectivity index (χ2n) is 3.86. The maximum absolute atomic E-state index is 3.84. The molecule has 0 heterocycles. The molecule has 0 amide bonds. The van der Waals surface area contributed by atoms with Gasteiger partial charge in [-0.3, -0.25) is 0 Å². The van der Waals surface area contributed by atoms with Crippen LogP contribution in [0.5, 0.6) is 0 Å². The van der Waals surface area contributed by atoms with E-state index < -0.39 is 0 Å². The summed E-state index contributed by atoms with van der Waals surface area (Å²) in [6.45, 7) is 10.6. The highest BCUT2D eigenvalue weighted by Crippen LogP contribution is 2.40. The quantitative estimate of drug-likeness (QED) is 0.486. The summed E-state index contributed by atoms with van der Waals surface area (Å²) in [5, 5.41) is 0. The van der Waals surface area contributed by atoms with Crippen LogP contribution >= 0.6 is 0 Å². The molecule has 0 aromatic rings. The van der Waals surface area contributed by atoms with Crippen LogP contribution in [0.4, 0.5) is 0 Å². The Balaban J connectivity index is 2.80. The van der Waals surface area contributed by atoms with Crippen molar-refractivity contribution in [3.63, 3.8) is 0 Å². The van der Waals surface area contributed by atoms with Gasteiger partial charge in [-0.2, -0.15) is 0 Å². The molecule has 0 nitrogen and oxygen atoms in total. The summed E-state index contributed by atoms with van der Waals surface area (Å²) >= 11 is 0. The average Bonchev–Trinajstić information content (AvgIpc) is 2.04. The van der Waals surface area contributed by atoms with E-state index in [4.69, 9.17) is 0 Å². The van der Waals surface area contributed by atoms with Crippen LogP contribution in [0.25, 0.3) is 0 Å². The molecule has 0 heteroatoms. The van der Waals surface area contributed by atoms with E-state index in [1.165, 1.54) is 12.0 Å². The Morgan fingerprint density at radius 1 is 1.70 bits per heavy atom. The molecule has 10 heavy (non-hydrogen) atoms. The highest BCUT2D eigenvalue weighted by Gasteiger charge is 2.29. The van der Waals surface area contributed by atoms with Gasteiger partial charge in [-0.1, -0.05) is 31.6 Å². The van der Waals surface area contributed by atoms with Gasteiger partial charge in [-0.15, -0.1) is 6.58 Å². The first kappa shape index (κ1) is 7.59. The van der Waals surface area contributed by atoms with Gasteiger partial charge in [0.25, 0.3) is 0 Å². The Morgan fingerprint density at radius 3 is 2.50 bits per heavy atom. The average molecular weight is 136 g/mol. The molecule has 0 unspecified atom stereocenters. The van der Waals surface area contributed by atoms with Crippen LogP contribution in [-0.4, -0.2) is 0 Å². The topological polar surface area (TPSA) is 0 Å². The lowest BCUT2D eigenvalue weighted by molar-refractivity contribution is 0.372. The van der Waals surface area contributed by atoms with Gasteiger partial charge in [0.15, 0.2) is 0 Å². The van der Waals surface area contributed by atoms with E-state index in [0.717, 1.165) is 0 Å². The van der Waals surface area contributed by atoms with Crippen molar-refractivity contribution >= 4 is 0 Å². The molecule has 0 spiro atoms. The molecule has 0 aliphatic heterocycles. The van der Waals surface area contributed by atoms with Crippen molar-refractivity contribution in [1.82, 2.24) is 0 Å². The smallest absolute Gasteiger partial charge is 0.0107 e. The van der Waals surface area contributed by atoms with Crippen LogP contribution < -0.4 is 0 Å². The van der Waals surface area contributed by atoms with Crippen molar-refractivity contribution in [2.24, 2.45) is 11.3 Å². The first-order valence-corrected chi connectivity index (χ1v) is 3.87. The summed E-state index contributed by atoms with van der Waals surface area (Å²) in [6.07, 6.45) is 5.64. The van der Waals surface area contributed by atoms with Gasteiger partial charge in [0.2, 0.25) is 0 Å². The Hall–Kier alpha value is -0.520. The molecule has 0 saturated carbocycles. The fourth-order valence-electron chi connectivity index (χ4n) is 1.80. The third-order valence-corrected chi connectivity index (χ3v) is 2.40. The standard InChI is InChI=1S/C10H16/c1-5-9-6-8(2)7-10(9,3)4/h5,7,9H,1,6H2,2-4H3/t9-/m0/s1. The molecule has 0 aromatic carbocycles. The first-order chi connectivity index (χ1) is 4.56. The van der Waals surface area contributed by atoms with Crippen molar-refractivity contribution in [2.45, 2.75) is 27.2 Å². The van der Waals surface area contributed by atoms with E-state index in [0.29, 0.717) is 11.3 Å². The van der Waals surface area contributed by atoms with Crippen molar-refractivity contribution in [1.29, 1.82) is 0 Å². The third kappa shape index (κ3) is 1.16. The predicted octanol–water partition coefficient (Wildman–Crippen LogP) is 3.16. The molecule has 56 valence electrons. The summed E-state index contributed by atoms with van der Waals surface area (Å²) in [5.74, 6) is 0.660. The first-order valence-electron chi connectivity index (χ1n) is 3.87. The monoisotopic (exact) mass is 136 g/mol. The van der Waals surface area contributed by atoms with Gasteiger partial charge in [-0.05, 0) is 24.7 Å². The predicted molar refractivity (Wildman–Crippen MR) is 45.8 cm³/mol. The number of hydrogen-bond donors (Lipinski definition) is 0. The van der Waals surface area contributed by atoms with Gasteiger partial charge < -0.3 is 0 Å². The number of hydrogen-bond acceptors (Lipinski definition) is 0. The van der Waals surface area contributed by atoms with Gasteiger partial charge in [0, 0.05) is 0 Å². The molecular weight excluding hydrogens is 120 g/mol. The normalized spacial score (nSPS) is 29.9. The summed E-state index contributed by atoms with van der Waals surface area (Å²) in [6, 6.07) is 0. The lowest BCUT2D eigenvalue weighted by atomic mass is 9.82. The third-order valence-electron chi connectivity index (χ3n) is 2.40. The Morgan fingerprint density at radius 2 is 2.30 bits per heavy atom. The molecule has 0 saturated heterocycles. The minimum Gasteiger partial charge on any atom is -0.103 e. The molecule has 0 radical (unpaired) electrons. The maximum Gasteiger partial charge on any atom is -0.0107 e. The van der Waals surface area contributed by atoms with Gasteiger partial charge >= 0.3 is 0 Å². The van der Waals surface area contributed by atoms with E-state index in [1.807, 2.05) is 0 Å². The maximum atomic E-state index is 3.84. The minimum absolute atomic E-state index is 0.353. The Labute approximate surface area is 63.6 Å². The van der Waals surface area contributed by atoms with Crippen LogP contribution in [0.15, 0.2) is 24.3 Å². The number of allylic oxidation sites excluding steroid dienone is 3. The molecule has 0 N–H and O–H groups in total. The van der Waals surface area contributed by atoms with Crippen molar-refractivity contribution < 1.29 is 0 Å². The lowest BCUT2D eigenvalue weighted by Crippen LogP contribution is -2.14. The highest BCUT2D eigenvalue weighted by atomic mass is 14.3. The van der Waals surface area contributed by atoms with E-state index in [1.54, 1.807) is 0 Å². The van der Waals surface area contributed by atoms with Crippen LogP contribution in [0.1, 0.15) is 27.2 Å². The zero-order valence-corrected chi connectivity index (χ0v) is 7.15. The molecule has 1 aliphatic carbocycles. The fourth-order valence-corrected chi connectivity index (χ4v) is 1.80. The second-order valence-corrected chi connectivity index (χ2v) is 3.86. The molecular formula is C10H16. The zero-order valence-electron chi connectivity index (χ0n) is 7.15. The summed E-state index contributed by atoms with van der Waals surface area (Å²) < 4.78 is 0. The fraction of sp³-hybridized carbons (Fsp3) is 0.600. The largest absolute Gasteiger partial charge is 0.103 e. The van der Waals surface area contributed by atoms with Gasteiger partial charge in [-0.25, -0.2) is 0 Å². The van der Waals surface area contributed by atoms with Crippen LogP contribution in [-0.2, 0) is 0 Å². The van der Waals surface area contributed by atoms with Crippen molar-refractivity contribution in [2.75, 3.05) is 0 Å². The van der Waals surface area contributed by atoms with Crippen LogP contribution in [0, 0.1) is 11.3 Å². The van der Waals surface area contributed by atoms with Crippen molar-refractivity contribution in [3.8, 4) is 0 Å². The van der Waals surface area contributed by atoms with E-state index in [-0.39, 0.29) is 0 Å². The van der Waals surface area contributed by atoms with Gasteiger partial charge in [0.05, 0.1) is 0 Å². The molecule has 1 atom stereocenters. The molecule has 0 aromatic heterocycles. The van der Waals surface area contributed by atoms with Crippen molar-refractivity contribution in [3.05, 3.63) is 24.3 Å². The molecule has 0 fully saturated rings.